The fraction of sp³-hybridized carbons (Fsp3) is 0.167. The molecule has 24 heavy (non-hydrogen) atoms. The molecule has 3 aromatic rings. The van der Waals surface area contributed by atoms with Crippen molar-refractivity contribution in [3.63, 3.8) is 0 Å². The molecule has 0 atom stereocenters. The van der Waals surface area contributed by atoms with Gasteiger partial charge in [-0.3, -0.25) is 4.79 Å². The van der Waals surface area contributed by atoms with Gasteiger partial charge in [-0.1, -0.05) is 47.6 Å². The lowest BCUT2D eigenvalue weighted by molar-refractivity contribution is -0.113. The second kappa shape index (κ2) is 7.20. The molecule has 4 nitrogen and oxygen atoms in total. The lowest BCUT2D eigenvalue weighted by Gasteiger charge is -2.07. The van der Waals surface area contributed by atoms with Crippen molar-refractivity contribution in [2.45, 2.75) is 19.0 Å². The van der Waals surface area contributed by atoms with Crippen LogP contribution in [-0.4, -0.2) is 21.6 Å². The Bertz CT molecular complexity index is 914. The van der Waals surface area contributed by atoms with Crippen molar-refractivity contribution in [3.8, 4) is 0 Å². The second-order valence-corrected chi connectivity index (χ2v) is 6.76. The molecule has 1 aromatic heterocycles. The minimum atomic E-state index is -0.116. The Morgan fingerprint density at radius 1 is 1.17 bits per heavy atom. The molecule has 1 heterocycles. The number of nitrogens with zero attached hydrogens (tertiary/aromatic N) is 2. The fourth-order valence-electron chi connectivity index (χ4n) is 2.27. The average Bonchev–Trinajstić information content (AvgIpc) is 2.56. The van der Waals surface area contributed by atoms with Crippen LogP contribution in [0.5, 0.6) is 0 Å². The average molecular weight is 358 g/mol. The molecular weight excluding hydrogens is 342 g/mol. The number of benzene rings is 2. The monoisotopic (exact) mass is 357 g/mol. The van der Waals surface area contributed by atoms with E-state index in [9.17, 15) is 4.79 Å². The number of carbonyl (C=O) groups is 1. The summed E-state index contributed by atoms with van der Waals surface area (Å²) in [6.07, 6.45) is 0. The molecule has 1 amide bonds. The van der Waals surface area contributed by atoms with E-state index in [4.69, 9.17) is 11.6 Å². The number of hydrogen-bond donors (Lipinski definition) is 1. The maximum atomic E-state index is 12.1. The summed E-state index contributed by atoms with van der Waals surface area (Å²) >= 11 is 7.38. The molecule has 0 aliphatic heterocycles. The molecule has 0 saturated heterocycles. The van der Waals surface area contributed by atoms with E-state index in [1.54, 1.807) is 6.07 Å². The topological polar surface area (TPSA) is 54.9 Å². The zero-order valence-corrected chi connectivity index (χ0v) is 14.9. The van der Waals surface area contributed by atoms with Gasteiger partial charge in [0, 0.05) is 21.8 Å². The highest BCUT2D eigenvalue weighted by Crippen LogP contribution is 2.22. The number of amides is 1. The largest absolute Gasteiger partial charge is 0.325 e. The van der Waals surface area contributed by atoms with Gasteiger partial charge in [-0.2, -0.15) is 0 Å². The number of carbonyl (C=O) groups excluding carboxylic acids is 1. The van der Waals surface area contributed by atoms with E-state index in [0.29, 0.717) is 15.9 Å². The Kier molecular flexibility index (Phi) is 5.02. The summed E-state index contributed by atoms with van der Waals surface area (Å²) in [5.41, 5.74) is 3.46. The van der Waals surface area contributed by atoms with Crippen molar-refractivity contribution in [2.75, 3.05) is 11.1 Å². The first-order valence-corrected chi connectivity index (χ1v) is 8.81. The number of hydrogen-bond acceptors (Lipinski definition) is 4. The van der Waals surface area contributed by atoms with Gasteiger partial charge < -0.3 is 5.32 Å². The van der Waals surface area contributed by atoms with Gasteiger partial charge in [0.1, 0.15) is 0 Å². The quantitative estimate of drug-likeness (QED) is 0.546. The molecule has 1 N–H and O–H groups in total. The summed E-state index contributed by atoms with van der Waals surface area (Å²) < 4.78 is 0. The summed E-state index contributed by atoms with van der Waals surface area (Å²) in [5, 5.41) is 5.09. The lowest BCUT2D eigenvalue weighted by atomic mass is 10.2. The number of halogens is 1. The van der Waals surface area contributed by atoms with Crippen LogP contribution in [0, 0.1) is 13.8 Å². The van der Waals surface area contributed by atoms with E-state index in [1.165, 1.54) is 11.8 Å². The first-order chi connectivity index (χ1) is 11.5. The van der Waals surface area contributed by atoms with Gasteiger partial charge in [-0.25, -0.2) is 9.97 Å². The maximum absolute atomic E-state index is 12.1. The summed E-state index contributed by atoms with van der Waals surface area (Å²) in [5.74, 6) is 0.123. The zero-order valence-electron chi connectivity index (χ0n) is 13.3. The van der Waals surface area contributed by atoms with E-state index < -0.39 is 0 Å². The number of rotatable bonds is 4. The van der Waals surface area contributed by atoms with Crippen LogP contribution in [0.2, 0.25) is 5.02 Å². The van der Waals surface area contributed by atoms with E-state index >= 15 is 0 Å². The number of fused-ring (bicyclic) bond motifs is 1. The Morgan fingerprint density at radius 2 is 1.96 bits per heavy atom. The highest BCUT2D eigenvalue weighted by atomic mass is 35.5. The molecule has 6 heteroatoms. The van der Waals surface area contributed by atoms with Crippen molar-refractivity contribution >= 4 is 45.9 Å². The number of anilines is 1. The van der Waals surface area contributed by atoms with Gasteiger partial charge in [-0.15, -0.1) is 0 Å². The summed E-state index contributed by atoms with van der Waals surface area (Å²) in [6, 6.07) is 13.3. The van der Waals surface area contributed by atoms with Crippen LogP contribution in [0.4, 0.5) is 5.69 Å². The van der Waals surface area contributed by atoms with E-state index in [-0.39, 0.29) is 11.7 Å². The summed E-state index contributed by atoms with van der Waals surface area (Å²) in [4.78, 5) is 21.0. The molecule has 2 aromatic carbocycles. The predicted molar refractivity (Wildman–Crippen MR) is 99.8 cm³/mol. The molecule has 0 spiro atoms. The smallest absolute Gasteiger partial charge is 0.234 e. The van der Waals surface area contributed by atoms with Crippen molar-refractivity contribution in [1.82, 2.24) is 9.97 Å². The summed E-state index contributed by atoms with van der Waals surface area (Å²) in [6.45, 7) is 3.87. The molecule has 0 bridgehead atoms. The Hall–Kier alpha value is -2.11. The van der Waals surface area contributed by atoms with Crippen molar-refractivity contribution < 1.29 is 4.79 Å². The normalized spacial score (nSPS) is 10.8. The molecule has 0 aliphatic carbocycles. The molecule has 3 rings (SSSR count). The van der Waals surface area contributed by atoms with Crippen molar-refractivity contribution in [3.05, 3.63) is 58.7 Å². The third kappa shape index (κ3) is 3.86. The highest BCUT2D eigenvalue weighted by molar-refractivity contribution is 7.99. The second-order valence-electron chi connectivity index (χ2n) is 5.41. The van der Waals surface area contributed by atoms with Gasteiger partial charge in [0.2, 0.25) is 5.91 Å². The van der Waals surface area contributed by atoms with Gasteiger partial charge >= 0.3 is 0 Å². The van der Waals surface area contributed by atoms with Gasteiger partial charge in [0.05, 0.1) is 11.3 Å². The Balaban J connectivity index is 1.66. The third-order valence-corrected chi connectivity index (χ3v) is 4.82. The molecule has 0 fully saturated rings. The van der Waals surface area contributed by atoms with Gasteiger partial charge in [0.15, 0.2) is 5.16 Å². The van der Waals surface area contributed by atoms with Crippen LogP contribution in [0.1, 0.15) is 11.3 Å². The minimum Gasteiger partial charge on any atom is -0.325 e. The number of nitrogens with one attached hydrogen (secondary N) is 1. The predicted octanol–water partition coefficient (Wildman–Crippen LogP) is 4.63. The molecule has 0 radical (unpaired) electrons. The SMILES string of the molecule is Cc1ccc(NC(=O)CSc2nc(C)c3ccccc3n2)cc1Cl. The van der Waals surface area contributed by atoms with Crippen LogP contribution in [0.15, 0.2) is 47.6 Å². The third-order valence-electron chi connectivity index (χ3n) is 3.56. The first kappa shape index (κ1) is 16.7. The van der Waals surface area contributed by atoms with E-state index in [2.05, 4.69) is 15.3 Å². The zero-order chi connectivity index (χ0) is 17.1. The standard InChI is InChI=1S/C18H16ClN3OS/c1-11-7-8-13(9-15(11)19)21-17(23)10-24-18-20-12(2)14-5-3-4-6-16(14)22-18/h3-9H,10H2,1-2H3,(H,21,23). The molecule has 122 valence electrons. The first-order valence-electron chi connectivity index (χ1n) is 7.45. The van der Waals surface area contributed by atoms with Crippen molar-refractivity contribution in [2.24, 2.45) is 0 Å². The van der Waals surface area contributed by atoms with Crippen molar-refractivity contribution in [1.29, 1.82) is 0 Å². The van der Waals surface area contributed by atoms with Gasteiger partial charge in [-0.05, 0) is 37.6 Å². The lowest BCUT2D eigenvalue weighted by Crippen LogP contribution is -2.14. The van der Waals surface area contributed by atoms with Crippen LogP contribution < -0.4 is 5.32 Å². The Morgan fingerprint density at radius 3 is 2.75 bits per heavy atom. The molecule has 0 saturated carbocycles. The molecule has 0 aliphatic rings. The van der Waals surface area contributed by atoms with Gasteiger partial charge in [0.25, 0.3) is 0 Å². The Labute approximate surface area is 149 Å². The van der Waals surface area contributed by atoms with Crippen LogP contribution in [0.3, 0.4) is 0 Å². The highest BCUT2D eigenvalue weighted by Gasteiger charge is 2.09. The molecular formula is C18H16ClN3OS. The number of aromatic nitrogens is 2. The number of thioether (sulfide) groups is 1. The number of para-hydroxylation sites is 1. The maximum Gasteiger partial charge on any atom is 0.234 e. The van der Waals surface area contributed by atoms with Crippen LogP contribution in [0.25, 0.3) is 10.9 Å². The van der Waals surface area contributed by atoms with Crippen LogP contribution in [-0.2, 0) is 4.79 Å². The minimum absolute atomic E-state index is 0.116. The van der Waals surface area contributed by atoms with Crippen LogP contribution >= 0.6 is 23.4 Å². The van der Waals surface area contributed by atoms with E-state index in [1.807, 2.05) is 50.2 Å². The van der Waals surface area contributed by atoms with E-state index in [0.717, 1.165) is 22.2 Å². The summed E-state index contributed by atoms with van der Waals surface area (Å²) in [7, 11) is 0. The number of aryl methyl sites for hydroxylation is 2. The molecule has 0 unspecified atom stereocenters. The fourth-order valence-corrected chi connectivity index (χ4v) is 3.15.